The number of aliphatic hydroxyl groups excluding tert-OH is 2. The lowest BCUT2D eigenvalue weighted by Crippen LogP contribution is -2.40. The molecule has 0 spiro atoms. The molecule has 0 bridgehead atoms. The molecule has 13 nitrogen and oxygen atoms in total. The number of hydrogen-bond donors (Lipinski definition) is 4. The number of aliphatic hydroxyl groups is 2. The highest BCUT2D eigenvalue weighted by atomic mass is 31.2. The van der Waals surface area contributed by atoms with Gasteiger partial charge in [-0.2, -0.15) is 10.2 Å². The highest BCUT2D eigenvalue weighted by molar-refractivity contribution is 7.52. The number of nitrogens with two attached hydrogens (primary N) is 1. The van der Waals surface area contributed by atoms with Gasteiger partial charge in [-0.1, -0.05) is 52.2 Å². The molecule has 5 N–H and O–H groups in total. The summed E-state index contributed by atoms with van der Waals surface area (Å²) in [6, 6.07) is 9.42. The number of anilines is 1. The molecule has 3 heterocycles. The van der Waals surface area contributed by atoms with E-state index in [9.17, 15) is 19.6 Å². The summed E-state index contributed by atoms with van der Waals surface area (Å²) in [6.45, 7) is 9.22. The summed E-state index contributed by atoms with van der Waals surface area (Å²) >= 11 is 0. The second-order valence-corrected chi connectivity index (χ2v) is 15.2. The van der Waals surface area contributed by atoms with Crippen molar-refractivity contribution in [1.82, 2.24) is 19.7 Å². The molecule has 5 rings (SSSR count). The fraction of sp³-hybridized carbons (Fsp3) is 0.594. The molecule has 1 aliphatic heterocycles. The zero-order valence-electron chi connectivity index (χ0n) is 27.1. The van der Waals surface area contributed by atoms with Crippen LogP contribution in [-0.4, -0.2) is 68.3 Å². The van der Waals surface area contributed by atoms with Crippen LogP contribution >= 0.6 is 7.75 Å². The van der Waals surface area contributed by atoms with E-state index in [1.807, 2.05) is 12.1 Å². The molecule has 0 radical (unpaired) electrons. The smallest absolute Gasteiger partial charge is 0.459 e. The van der Waals surface area contributed by atoms with Crippen LogP contribution in [0.15, 0.2) is 42.7 Å². The van der Waals surface area contributed by atoms with Crippen LogP contribution in [0.1, 0.15) is 78.0 Å². The number of nitrogen functional groups attached to an aromatic ring is 1. The van der Waals surface area contributed by atoms with Crippen molar-refractivity contribution in [1.29, 1.82) is 0 Å². The Morgan fingerprint density at radius 2 is 1.85 bits per heavy atom. The van der Waals surface area contributed by atoms with E-state index in [0.29, 0.717) is 23.7 Å². The lowest BCUT2D eigenvalue weighted by Gasteiger charge is -2.28. The van der Waals surface area contributed by atoms with Gasteiger partial charge in [-0.3, -0.25) is 9.32 Å². The van der Waals surface area contributed by atoms with Crippen molar-refractivity contribution >= 4 is 25.1 Å². The molecule has 46 heavy (non-hydrogen) atoms. The van der Waals surface area contributed by atoms with Gasteiger partial charge in [-0.25, -0.2) is 14.1 Å². The quantitative estimate of drug-likeness (QED) is 0.170. The van der Waals surface area contributed by atoms with E-state index >= 15 is 0 Å². The van der Waals surface area contributed by atoms with Gasteiger partial charge in [0.2, 0.25) is 0 Å². The van der Waals surface area contributed by atoms with Crippen LogP contribution < -0.4 is 15.3 Å². The topological polar surface area (TPSA) is 180 Å². The number of rotatable bonds is 11. The first-order valence-corrected chi connectivity index (χ1v) is 17.4. The third kappa shape index (κ3) is 7.40. The van der Waals surface area contributed by atoms with Crippen LogP contribution in [0.4, 0.5) is 5.82 Å². The predicted octanol–water partition coefficient (Wildman–Crippen LogP) is 4.25. The monoisotopic (exact) mass is 659 g/mol. The number of nitrogens with zero attached hydrogens (tertiary/aromatic N) is 3. The molecule has 1 aliphatic carbocycles. The maximum absolute atomic E-state index is 14.2. The lowest BCUT2D eigenvalue weighted by atomic mass is 9.87. The number of hydrogen-bond acceptors (Lipinski definition) is 11. The first-order valence-electron chi connectivity index (χ1n) is 15.8. The summed E-state index contributed by atoms with van der Waals surface area (Å²) in [7, 11) is -4.28. The Morgan fingerprint density at radius 1 is 1.15 bits per heavy atom. The molecular weight excluding hydrogens is 613 g/mol. The molecule has 6 atom stereocenters. The van der Waals surface area contributed by atoms with Gasteiger partial charge >= 0.3 is 13.7 Å². The molecule has 2 aromatic heterocycles. The van der Waals surface area contributed by atoms with Crippen molar-refractivity contribution in [3.8, 4) is 5.75 Å². The average Bonchev–Trinajstić information content (AvgIpc) is 3.56. The normalized spacial score (nSPS) is 26.1. The van der Waals surface area contributed by atoms with Crippen molar-refractivity contribution < 1.29 is 38.1 Å². The maximum Gasteiger partial charge on any atom is 0.459 e. The minimum Gasteiger partial charge on any atom is -0.464 e. The molecule has 2 fully saturated rings. The minimum atomic E-state index is -4.28. The average molecular weight is 660 g/mol. The summed E-state index contributed by atoms with van der Waals surface area (Å²) in [5, 5.41) is 29.1. The van der Waals surface area contributed by atoms with E-state index in [2.05, 4.69) is 35.9 Å². The number of aromatic nitrogens is 3. The Labute approximate surface area is 269 Å². The molecule has 3 aromatic rings. The second kappa shape index (κ2) is 13.6. The molecule has 1 unspecified atom stereocenters. The second-order valence-electron chi connectivity index (χ2n) is 13.5. The molecule has 1 saturated heterocycles. The van der Waals surface area contributed by atoms with E-state index in [-0.39, 0.29) is 17.0 Å². The van der Waals surface area contributed by atoms with Gasteiger partial charge < -0.3 is 29.9 Å². The van der Waals surface area contributed by atoms with Gasteiger partial charge in [0.05, 0.1) is 18.9 Å². The predicted molar refractivity (Wildman–Crippen MR) is 171 cm³/mol. The van der Waals surface area contributed by atoms with Gasteiger partial charge in [0, 0.05) is 0 Å². The largest absolute Gasteiger partial charge is 0.464 e. The number of nitrogens with one attached hydrogen (secondary N) is 1. The van der Waals surface area contributed by atoms with E-state index in [4.69, 9.17) is 24.3 Å². The third-order valence-corrected chi connectivity index (χ3v) is 10.5. The summed E-state index contributed by atoms with van der Waals surface area (Å²) in [6.07, 6.45) is 2.78. The Kier molecular flexibility index (Phi) is 10.1. The summed E-state index contributed by atoms with van der Waals surface area (Å²) in [5.41, 5.74) is 6.41. The van der Waals surface area contributed by atoms with Crippen LogP contribution in [0, 0.1) is 5.92 Å². The summed E-state index contributed by atoms with van der Waals surface area (Å²) in [4.78, 5) is 16.9. The number of carbonyl (C=O) groups excluding carboxylic acids is 1. The van der Waals surface area contributed by atoms with Crippen molar-refractivity contribution in [3.63, 3.8) is 0 Å². The third-order valence-electron chi connectivity index (χ3n) is 8.90. The van der Waals surface area contributed by atoms with Gasteiger partial charge in [0.25, 0.3) is 0 Å². The van der Waals surface area contributed by atoms with Gasteiger partial charge in [0.15, 0.2) is 5.82 Å². The minimum absolute atomic E-state index is 0.111. The lowest BCUT2D eigenvalue weighted by molar-refractivity contribution is -0.147. The fourth-order valence-electron chi connectivity index (χ4n) is 6.04. The number of ether oxygens (including phenoxy) is 2. The first kappa shape index (κ1) is 34.3. The zero-order chi connectivity index (χ0) is 33.3. The SMILES string of the molecule is C[C@H](NP(=O)(OC[C@H]1O[C@@](C)(c2ccc3c(N)ncnn23)[C@H](O)[C@@H]1O)Oc1ccc(C(C)(C)C)cc1)C(=O)OCC1CCCCC1. The van der Waals surface area contributed by atoms with Crippen molar-refractivity contribution in [2.24, 2.45) is 5.92 Å². The van der Waals surface area contributed by atoms with Gasteiger partial charge in [-0.15, -0.1) is 0 Å². The van der Waals surface area contributed by atoms with E-state index in [0.717, 1.165) is 31.2 Å². The van der Waals surface area contributed by atoms with Gasteiger partial charge in [-0.05, 0) is 67.9 Å². The van der Waals surface area contributed by atoms with Crippen LogP contribution in [0.5, 0.6) is 5.75 Å². The molecule has 2 aliphatic rings. The summed E-state index contributed by atoms with van der Waals surface area (Å²) < 4.78 is 39.2. The zero-order valence-corrected chi connectivity index (χ0v) is 28.0. The number of esters is 1. The van der Waals surface area contributed by atoms with Crippen LogP contribution in [-0.2, 0) is 34.4 Å². The van der Waals surface area contributed by atoms with E-state index in [1.54, 1.807) is 31.2 Å². The standard InChI is InChI=1S/C32H46N5O8P/c1-20(30(40)42-17-21-9-7-6-8-10-21)36-46(41,45-23-13-11-22(12-14-23)31(2,3)4)43-18-25-27(38)28(39)32(5,44-25)26-16-15-24-29(33)34-19-35-37(24)26/h11-16,19-21,25,27-28,38-39H,6-10,17-18H2,1-5H3,(H,36,41)(H2,33,34,35)/t20-,25+,27+,28+,32-,46?/m0/s1. The molecule has 1 saturated carbocycles. The number of fused-ring (bicyclic) bond motifs is 1. The van der Waals surface area contributed by atoms with Crippen LogP contribution in [0.2, 0.25) is 0 Å². The fourth-order valence-corrected chi connectivity index (χ4v) is 7.54. The number of carbonyl (C=O) groups is 1. The van der Waals surface area contributed by atoms with Crippen molar-refractivity contribution in [2.45, 2.75) is 102 Å². The van der Waals surface area contributed by atoms with Crippen LogP contribution in [0.25, 0.3) is 5.52 Å². The molecule has 252 valence electrons. The summed E-state index contributed by atoms with van der Waals surface area (Å²) in [5.74, 6) is 0.223. The molecule has 14 heteroatoms. The number of benzene rings is 1. The molecule has 0 amide bonds. The van der Waals surface area contributed by atoms with Crippen molar-refractivity contribution in [3.05, 3.63) is 54.0 Å². The van der Waals surface area contributed by atoms with E-state index < -0.39 is 50.3 Å². The molecule has 1 aromatic carbocycles. The Bertz CT molecular complexity index is 1550. The van der Waals surface area contributed by atoms with Crippen LogP contribution in [0.3, 0.4) is 0 Å². The maximum atomic E-state index is 14.2. The Morgan fingerprint density at radius 3 is 2.52 bits per heavy atom. The van der Waals surface area contributed by atoms with Crippen molar-refractivity contribution in [2.75, 3.05) is 18.9 Å². The van der Waals surface area contributed by atoms with Gasteiger partial charge in [0.1, 0.15) is 47.5 Å². The van der Waals surface area contributed by atoms with E-state index in [1.165, 1.54) is 24.2 Å². The Hall–Kier alpha value is -3.06. The molecular formula is C32H46N5O8P. The first-order chi connectivity index (χ1) is 21.7. The highest BCUT2D eigenvalue weighted by Gasteiger charge is 2.54. The highest BCUT2D eigenvalue weighted by Crippen LogP contribution is 2.47. The Balaban J connectivity index is 1.32.